The number of aryl methyl sites for hydroxylation is 1. The number of anilines is 1. The lowest BCUT2D eigenvalue weighted by atomic mass is 10.1. The molecule has 3 aromatic rings. The van der Waals surface area contributed by atoms with Gasteiger partial charge in [-0.1, -0.05) is 18.2 Å². The van der Waals surface area contributed by atoms with Crippen molar-refractivity contribution >= 4 is 33.1 Å². The van der Waals surface area contributed by atoms with E-state index in [1.807, 2.05) is 24.4 Å². The Morgan fingerprint density at radius 3 is 2.67 bits per heavy atom. The molecule has 1 aliphatic rings. The Kier molecular flexibility index (Phi) is 5.94. The quantitative estimate of drug-likeness (QED) is 0.673. The highest BCUT2D eigenvalue weighted by Crippen LogP contribution is 2.19. The van der Waals surface area contributed by atoms with Gasteiger partial charge in [0, 0.05) is 30.4 Å². The monoisotopic (exact) mass is 427 g/mol. The predicted molar refractivity (Wildman–Crippen MR) is 117 cm³/mol. The normalized spacial score (nSPS) is 19.8. The highest BCUT2D eigenvalue weighted by molar-refractivity contribution is 7.13. The van der Waals surface area contributed by atoms with Crippen molar-refractivity contribution in [2.45, 2.75) is 46.1 Å². The van der Waals surface area contributed by atoms with Crippen LogP contribution in [0, 0.1) is 6.92 Å². The molecule has 0 saturated carbocycles. The lowest BCUT2D eigenvalue weighted by Gasteiger charge is -2.34. The standard InChI is InChI=1S/C21H25N5O3S/c1-13-8-25(9-14(2)29-13)10-16-12-30-21(22-16)23-19(27)11-26-20(28)18-7-5-4-6-17(18)15(3)24-26/h4-7,12-14H,8-11H2,1-3H3,(H,22,23,27). The first kappa shape index (κ1) is 20.6. The van der Waals surface area contributed by atoms with E-state index >= 15 is 0 Å². The Balaban J connectivity index is 1.41. The molecule has 3 heterocycles. The van der Waals surface area contributed by atoms with E-state index in [1.54, 1.807) is 12.1 Å². The number of amides is 1. The number of thiazole rings is 1. The summed E-state index contributed by atoms with van der Waals surface area (Å²) in [6, 6.07) is 7.28. The van der Waals surface area contributed by atoms with Gasteiger partial charge in [0.05, 0.1) is 29.0 Å². The number of nitrogens with one attached hydrogen (secondary N) is 1. The summed E-state index contributed by atoms with van der Waals surface area (Å²) in [5.74, 6) is -0.325. The van der Waals surface area contributed by atoms with Crippen molar-refractivity contribution in [3.63, 3.8) is 0 Å². The van der Waals surface area contributed by atoms with Crippen LogP contribution in [0.4, 0.5) is 5.13 Å². The van der Waals surface area contributed by atoms with Crippen LogP contribution in [0.25, 0.3) is 10.8 Å². The average Bonchev–Trinajstić information content (AvgIpc) is 3.11. The molecule has 1 amide bonds. The molecule has 1 N–H and O–H groups in total. The van der Waals surface area contributed by atoms with Gasteiger partial charge in [0.25, 0.3) is 5.56 Å². The fraction of sp³-hybridized carbons (Fsp3) is 0.429. The molecule has 1 aromatic carbocycles. The number of fused-ring (bicyclic) bond motifs is 1. The summed E-state index contributed by atoms with van der Waals surface area (Å²) in [5.41, 5.74) is 1.35. The van der Waals surface area contributed by atoms with Crippen LogP contribution in [0.15, 0.2) is 34.4 Å². The first-order valence-electron chi connectivity index (χ1n) is 9.97. The number of carbonyl (C=O) groups excluding carboxylic acids is 1. The van der Waals surface area contributed by atoms with Crippen LogP contribution in [0.1, 0.15) is 25.2 Å². The van der Waals surface area contributed by atoms with Crippen LogP contribution in [0.3, 0.4) is 0 Å². The number of hydrogen-bond donors (Lipinski definition) is 1. The summed E-state index contributed by atoms with van der Waals surface area (Å²) in [6.07, 6.45) is 0.394. The zero-order valence-electron chi connectivity index (χ0n) is 17.3. The van der Waals surface area contributed by atoms with Crippen LogP contribution in [-0.4, -0.2) is 50.9 Å². The molecular formula is C21H25N5O3S. The van der Waals surface area contributed by atoms with E-state index in [0.717, 1.165) is 30.7 Å². The number of carbonyl (C=O) groups is 1. The number of nitrogens with zero attached hydrogens (tertiary/aromatic N) is 4. The number of benzene rings is 1. The number of hydrogen-bond acceptors (Lipinski definition) is 7. The molecule has 2 unspecified atom stereocenters. The third-order valence-corrected chi connectivity index (χ3v) is 5.83. The third-order valence-electron chi connectivity index (χ3n) is 5.02. The molecular weight excluding hydrogens is 402 g/mol. The van der Waals surface area contributed by atoms with Gasteiger partial charge in [0.1, 0.15) is 6.54 Å². The zero-order chi connectivity index (χ0) is 21.3. The van der Waals surface area contributed by atoms with Crippen molar-refractivity contribution in [1.82, 2.24) is 19.7 Å². The zero-order valence-corrected chi connectivity index (χ0v) is 18.1. The number of ether oxygens (including phenoxy) is 1. The molecule has 1 saturated heterocycles. The van der Waals surface area contributed by atoms with E-state index in [-0.39, 0.29) is 30.2 Å². The molecule has 8 nitrogen and oxygen atoms in total. The minimum Gasteiger partial charge on any atom is -0.373 e. The molecule has 30 heavy (non-hydrogen) atoms. The van der Waals surface area contributed by atoms with E-state index in [0.29, 0.717) is 16.2 Å². The van der Waals surface area contributed by atoms with Crippen molar-refractivity contribution in [2.24, 2.45) is 0 Å². The van der Waals surface area contributed by atoms with Gasteiger partial charge in [-0.25, -0.2) is 9.67 Å². The molecule has 9 heteroatoms. The molecule has 1 aliphatic heterocycles. The summed E-state index contributed by atoms with van der Waals surface area (Å²) in [7, 11) is 0. The van der Waals surface area contributed by atoms with Crippen molar-refractivity contribution < 1.29 is 9.53 Å². The van der Waals surface area contributed by atoms with Crippen LogP contribution in [0.5, 0.6) is 0 Å². The molecule has 2 atom stereocenters. The first-order valence-corrected chi connectivity index (χ1v) is 10.9. The van der Waals surface area contributed by atoms with E-state index in [1.165, 1.54) is 16.0 Å². The Labute approximate surface area is 178 Å². The van der Waals surface area contributed by atoms with Crippen LogP contribution in [-0.2, 0) is 22.6 Å². The fourth-order valence-electron chi connectivity index (χ4n) is 3.89. The average molecular weight is 428 g/mol. The smallest absolute Gasteiger partial charge is 0.275 e. The van der Waals surface area contributed by atoms with Crippen molar-refractivity contribution in [1.29, 1.82) is 0 Å². The summed E-state index contributed by atoms with van der Waals surface area (Å²) in [5, 5.41) is 10.9. The van der Waals surface area contributed by atoms with Gasteiger partial charge in [-0.05, 0) is 26.8 Å². The maximum Gasteiger partial charge on any atom is 0.275 e. The van der Waals surface area contributed by atoms with Gasteiger partial charge in [0.15, 0.2) is 5.13 Å². The highest BCUT2D eigenvalue weighted by Gasteiger charge is 2.23. The molecule has 0 aliphatic carbocycles. The van der Waals surface area contributed by atoms with Gasteiger partial charge in [-0.3, -0.25) is 14.5 Å². The maximum absolute atomic E-state index is 12.6. The minimum absolute atomic E-state index is 0.155. The van der Waals surface area contributed by atoms with Crippen LogP contribution in [0.2, 0.25) is 0 Å². The second-order valence-electron chi connectivity index (χ2n) is 7.74. The first-order chi connectivity index (χ1) is 14.4. The Hall–Kier alpha value is -2.62. The second-order valence-corrected chi connectivity index (χ2v) is 8.60. The van der Waals surface area contributed by atoms with Gasteiger partial charge in [-0.15, -0.1) is 11.3 Å². The van der Waals surface area contributed by atoms with Gasteiger partial charge < -0.3 is 10.1 Å². The van der Waals surface area contributed by atoms with E-state index in [2.05, 4.69) is 34.1 Å². The summed E-state index contributed by atoms with van der Waals surface area (Å²) >= 11 is 1.38. The lowest BCUT2D eigenvalue weighted by Crippen LogP contribution is -2.44. The van der Waals surface area contributed by atoms with E-state index in [4.69, 9.17) is 4.74 Å². The summed E-state index contributed by atoms with van der Waals surface area (Å²) < 4.78 is 6.97. The molecule has 1 fully saturated rings. The number of morpholine rings is 1. The second kappa shape index (κ2) is 8.63. The molecule has 0 bridgehead atoms. The van der Waals surface area contributed by atoms with Gasteiger partial charge in [-0.2, -0.15) is 5.10 Å². The van der Waals surface area contributed by atoms with Gasteiger partial charge >= 0.3 is 0 Å². The van der Waals surface area contributed by atoms with E-state index < -0.39 is 0 Å². The molecule has 158 valence electrons. The topological polar surface area (TPSA) is 89.3 Å². The Morgan fingerprint density at radius 1 is 1.23 bits per heavy atom. The fourth-order valence-corrected chi connectivity index (χ4v) is 4.60. The van der Waals surface area contributed by atoms with Crippen molar-refractivity contribution in [3.8, 4) is 0 Å². The maximum atomic E-state index is 12.6. The largest absolute Gasteiger partial charge is 0.373 e. The van der Waals surface area contributed by atoms with Crippen LogP contribution >= 0.6 is 11.3 Å². The predicted octanol–water partition coefficient (Wildman–Crippen LogP) is 2.41. The lowest BCUT2D eigenvalue weighted by molar-refractivity contribution is -0.117. The van der Waals surface area contributed by atoms with Gasteiger partial charge in [0.2, 0.25) is 5.91 Å². The summed E-state index contributed by atoms with van der Waals surface area (Å²) in [6.45, 7) is 8.25. The molecule has 2 aromatic heterocycles. The summed E-state index contributed by atoms with van der Waals surface area (Å²) in [4.78, 5) is 32.0. The molecule has 0 spiro atoms. The molecule has 0 radical (unpaired) electrons. The minimum atomic E-state index is -0.325. The Morgan fingerprint density at radius 2 is 1.93 bits per heavy atom. The Bertz CT molecular complexity index is 1120. The third kappa shape index (κ3) is 4.58. The van der Waals surface area contributed by atoms with E-state index in [9.17, 15) is 9.59 Å². The van der Waals surface area contributed by atoms with Crippen LogP contribution < -0.4 is 10.9 Å². The highest BCUT2D eigenvalue weighted by atomic mass is 32.1. The SMILES string of the molecule is Cc1nn(CC(=O)Nc2nc(CN3CC(C)OC(C)C3)cs2)c(=O)c2ccccc12. The van der Waals surface area contributed by atoms with Crippen molar-refractivity contribution in [2.75, 3.05) is 18.4 Å². The van der Waals surface area contributed by atoms with Crippen molar-refractivity contribution in [3.05, 3.63) is 51.4 Å². The number of aromatic nitrogens is 3. The number of rotatable bonds is 5. The molecule has 4 rings (SSSR count).